The Bertz CT molecular complexity index is 561. The molecule has 4 heteroatoms. The Hall–Kier alpha value is -1.65. The van der Waals surface area contributed by atoms with E-state index >= 15 is 0 Å². The van der Waals surface area contributed by atoms with E-state index in [0.717, 1.165) is 16.1 Å². The van der Waals surface area contributed by atoms with Gasteiger partial charge in [-0.25, -0.2) is 0 Å². The standard InChI is InChI=1S/C15H18N2OS/c1-15(2,16-3)14(18)17-12-8-5-4-7-11(12)13-9-6-10-19-13/h4-10,16H,1-3H3,(H,17,18). The van der Waals surface area contributed by atoms with Crippen molar-refractivity contribution < 1.29 is 4.79 Å². The quantitative estimate of drug-likeness (QED) is 0.897. The molecule has 100 valence electrons. The summed E-state index contributed by atoms with van der Waals surface area (Å²) in [6.07, 6.45) is 0. The normalized spacial score (nSPS) is 11.3. The van der Waals surface area contributed by atoms with Crippen LogP contribution in [0.5, 0.6) is 0 Å². The van der Waals surface area contributed by atoms with Crippen molar-refractivity contribution in [3.8, 4) is 10.4 Å². The van der Waals surface area contributed by atoms with Crippen molar-refractivity contribution in [2.45, 2.75) is 19.4 Å². The number of rotatable bonds is 4. The van der Waals surface area contributed by atoms with E-state index in [1.165, 1.54) is 0 Å². The lowest BCUT2D eigenvalue weighted by Gasteiger charge is -2.23. The lowest BCUT2D eigenvalue weighted by atomic mass is 10.0. The van der Waals surface area contributed by atoms with Gasteiger partial charge in [0.25, 0.3) is 0 Å². The van der Waals surface area contributed by atoms with Gasteiger partial charge < -0.3 is 10.6 Å². The molecular formula is C15H18N2OS. The number of nitrogens with one attached hydrogen (secondary N) is 2. The molecule has 0 atom stereocenters. The summed E-state index contributed by atoms with van der Waals surface area (Å²) >= 11 is 1.66. The van der Waals surface area contributed by atoms with E-state index in [1.54, 1.807) is 18.4 Å². The molecule has 0 spiro atoms. The van der Waals surface area contributed by atoms with Crippen molar-refractivity contribution in [1.29, 1.82) is 0 Å². The topological polar surface area (TPSA) is 41.1 Å². The number of anilines is 1. The van der Waals surface area contributed by atoms with E-state index in [0.29, 0.717) is 0 Å². The highest BCUT2D eigenvalue weighted by Gasteiger charge is 2.25. The van der Waals surface area contributed by atoms with Gasteiger partial charge in [-0.1, -0.05) is 24.3 Å². The molecule has 1 heterocycles. The van der Waals surface area contributed by atoms with E-state index in [-0.39, 0.29) is 5.91 Å². The molecule has 2 aromatic rings. The Morgan fingerprint density at radius 2 is 1.89 bits per heavy atom. The number of para-hydroxylation sites is 1. The van der Waals surface area contributed by atoms with E-state index < -0.39 is 5.54 Å². The van der Waals surface area contributed by atoms with Crippen molar-refractivity contribution in [2.75, 3.05) is 12.4 Å². The summed E-state index contributed by atoms with van der Waals surface area (Å²) in [4.78, 5) is 13.4. The van der Waals surface area contributed by atoms with Crippen LogP contribution in [0.3, 0.4) is 0 Å². The predicted molar refractivity (Wildman–Crippen MR) is 81.5 cm³/mol. The molecule has 19 heavy (non-hydrogen) atoms. The van der Waals surface area contributed by atoms with Crippen molar-refractivity contribution in [3.63, 3.8) is 0 Å². The van der Waals surface area contributed by atoms with Crippen molar-refractivity contribution >= 4 is 22.9 Å². The summed E-state index contributed by atoms with van der Waals surface area (Å²) in [5, 5.41) is 8.03. The Balaban J connectivity index is 2.29. The Kier molecular flexibility index (Phi) is 4.02. The molecule has 0 fully saturated rings. The second-order valence-electron chi connectivity index (χ2n) is 4.85. The van der Waals surface area contributed by atoms with E-state index in [1.807, 2.05) is 49.6 Å². The molecule has 0 aliphatic rings. The highest BCUT2D eigenvalue weighted by Crippen LogP contribution is 2.31. The van der Waals surface area contributed by atoms with Crippen LogP contribution in [0.4, 0.5) is 5.69 Å². The molecule has 2 rings (SSSR count). The van der Waals surface area contributed by atoms with Gasteiger partial charge in [0.15, 0.2) is 0 Å². The number of amides is 1. The monoisotopic (exact) mass is 274 g/mol. The van der Waals surface area contributed by atoms with Crippen molar-refractivity contribution in [2.24, 2.45) is 0 Å². The van der Waals surface area contributed by atoms with Crippen molar-refractivity contribution in [3.05, 3.63) is 41.8 Å². The van der Waals surface area contributed by atoms with Gasteiger partial charge in [0.05, 0.1) is 5.54 Å². The fourth-order valence-corrected chi connectivity index (χ4v) is 2.40. The zero-order valence-electron chi connectivity index (χ0n) is 11.4. The molecule has 0 saturated heterocycles. The van der Waals surface area contributed by atoms with Gasteiger partial charge >= 0.3 is 0 Å². The summed E-state index contributed by atoms with van der Waals surface area (Å²) in [5.41, 5.74) is 1.30. The third-order valence-electron chi connectivity index (χ3n) is 3.15. The first-order valence-corrected chi connectivity index (χ1v) is 7.06. The van der Waals surface area contributed by atoms with Crippen LogP contribution in [0.1, 0.15) is 13.8 Å². The van der Waals surface area contributed by atoms with E-state index in [4.69, 9.17) is 0 Å². The molecule has 3 nitrogen and oxygen atoms in total. The number of hydrogen-bond donors (Lipinski definition) is 2. The average molecular weight is 274 g/mol. The van der Waals surface area contributed by atoms with Crippen LogP contribution in [0.15, 0.2) is 41.8 Å². The third kappa shape index (κ3) is 3.03. The Morgan fingerprint density at radius 1 is 1.16 bits per heavy atom. The fraction of sp³-hybridized carbons (Fsp3) is 0.267. The summed E-state index contributed by atoms with van der Waals surface area (Å²) < 4.78 is 0. The molecular weight excluding hydrogens is 256 g/mol. The van der Waals surface area contributed by atoms with Crippen LogP contribution in [0.2, 0.25) is 0 Å². The largest absolute Gasteiger partial charge is 0.324 e. The molecule has 1 aromatic heterocycles. The SMILES string of the molecule is CNC(C)(C)C(=O)Nc1ccccc1-c1cccs1. The molecule has 0 aliphatic heterocycles. The smallest absolute Gasteiger partial charge is 0.244 e. The number of carbonyl (C=O) groups excluding carboxylic acids is 1. The van der Waals surface area contributed by atoms with Crippen LogP contribution in [-0.2, 0) is 4.79 Å². The first kappa shape index (κ1) is 13.8. The summed E-state index contributed by atoms with van der Waals surface area (Å²) in [6.45, 7) is 3.71. The first-order valence-electron chi connectivity index (χ1n) is 6.18. The molecule has 0 radical (unpaired) electrons. The molecule has 0 saturated carbocycles. The van der Waals surface area contributed by atoms with Crippen LogP contribution < -0.4 is 10.6 Å². The molecule has 0 bridgehead atoms. The number of benzene rings is 1. The van der Waals surface area contributed by atoms with Crippen LogP contribution >= 0.6 is 11.3 Å². The summed E-state index contributed by atoms with van der Waals surface area (Å²) in [6, 6.07) is 11.9. The lowest BCUT2D eigenvalue weighted by molar-refractivity contribution is -0.121. The second-order valence-corrected chi connectivity index (χ2v) is 5.80. The Morgan fingerprint density at radius 3 is 2.53 bits per heavy atom. The lowest BCUT2D eigenvalue weighted by Crippen LogP contribution is -2.47. The van der Waals surface area contributed by atoms with Crippen LogP contribution in [-0.4, -0.2) is 18.5 Å². The van der Waals surface area contributed by atoms with Gasteiger partial charge in [-0.3, -0.25) is 4.79 Å². The van der Waals surface area contributed by atoms with E-state index in [2.05, 4.69) is 16.7 Å². The molecule has 0 unspecified atom stereocenters. The summed E-state index contributed by atoms with van der Waals surface area (Å²) in [5.74, 6) is -0.0426. The molecule has 2 N–H and O–H groups in total. The van der Waals surface area contributed by atoms with Gasteiger partial charge in [0, 0.05) is 16.1 Å². The maximum atomic E-state index is 12.2. The zero-order valence-corrected chi connectivity index (χ0v) is 12.2. The van der Waals surface area contributed by atoms with Crippen molar-refractivity contribution in [1.82, 2.24) is 5.32 Å². The minimum absolute atomic E-state index is 0.0426. The second kappa shape index (κ2) is 5.55. The number of hydrogen-bond acceptors (Lipinski definition) is 3. The molecule has 1 aromatic carbocycles. The first-order chi connectivity index (χ1) is 9.04. The predicted octanol–water partition coefficient (Wildman–Crippen LogP) is 3.35. The van der Waals surface area contributed by atoms with Gasteiger partial charge in [0.1, 0.15) is 0 Å². The number of carbonyl (C=O) groups is 1. The van der Waals surface area contributed by atoms with Gasteiger partial charge in [-0.15, -0.1) is 11.3 Å². The summed E-state index contributed by atoms with van der Waals surface area (Å²) in [7, 11) is 1.78. The van der Waals surface area contributed by atoms with Crippen LogP contribution in [0.25, 0.3) is 10.4 Å². The van der Waals surface area contributed by atoms with Gasteiger partial charge in [-0.2, -0.15) is 0 Å². The maximum Gasteiger partial charge on any atom is 0.244 e. The van der Waals surface area contributed by atoms with Gasteiger partial charge in [-0.05, 0) is 38.4 Å². The van der Waals surface area contributed by atoms with Crippen LogP contribution in [0, 0.1) is 0 Å². The number of thiophene rings is 1. The third-order valence-corrected chi connectivity index (χ3v) is 4.06. The Labute approximate surface area is 117 Å². The minimum atomic E-state index is -0.595. The molecule has 1 amide bonds. The average Bonchev–Trinajstić information content (AvgIpc) is 2.93. The maximum absolute atomic E-state index is 12.2. The molecule has 0 aliphatic carbocycles. The van der Waals surface area contributed by atoms with Gasteiger partial charge in [0.2, 0.25) is 5.91 Å². The fourth-order valence-electron chi connectivity index (χ4n) is 1.63. The zero-order chi connectivity index (χ0) is 13.9. The minimum Gasteiger partial charge on any atom is -0.324 e. The number of likely N-dealkylation sites (N-methyl/N-ethyl adjacent to an activating group) is 1. The van der Waals surface area contributed by atoms with E-state index in [9.17, 15) is 4.79 Å². The highest BCUT2D eigenvalue weighted by molar-refractivity contribution is 7.13. The highest BCUT2D eigenvalue weighted by atomic mass is 32.1.